The molecule has 1 aliphatic rings. The molecule has 0 saturated heterocycles. The van der Waals surface area contributed by atoms with Gasteiger partial charge in [0.25, 0.3) is 11.5 Å². The molecule has 0 spiro atoms. The number of nitrogens with zero attached hydrogens (tertiary/aromatic N) is 3. The van der Waals surface area contributed by atoms with Crippen molar-refractivity contribution in [3.05, 3.63) is 81.8 Å². The van der Waals surface area contributed by atoms with Crippen LogP contribution in [0, 0.1) is 0 Å². The van der Waals surface area contributed by atoms with Gasteiger partial charge in [-0.3, -0.25) is 14.3 Å². The largest absolute Gasteiger partial charge is 0.345 e. The zero-order valence-electron chi connectivity index (χ0n) is 14.9. The number of aromatic nitrogens is 4. The predicted octanol–water partition coefficient (Wildman–Crippen LogP) is 2.02. The highest BCUT2D eigenvalue weighted by Crippen LogP contribution is 2.20. The van der Waals surface area contributed by atoms with Crippen LogP contribution in [-0.4, -0.2) is 25.7 Å². The van der Waals surface area contributed by atoms with Crippen molar-refractivity contribution in [3.63, 3.8) is 0 Å². The quantitative estimate of drug-likeness (QED) is 0.701. The molecule has 0 fully saturated rings. The van der Waals surface area contributed by atoms with Crippen LogP contribution in [-0.2, 0) is 19.4 Å². The van der Waals surface area contributed by atoms with Crippen molar-refractivity contribution in [2.45, 2.75) is 38.3 Å². The second kappa shape index (κ2) is 7.57. The van der Waals surface area contributed by atoms with Gasteiger partial charge in [-0.15, -0.1) is 0 Å². The summed E-state index contributed by atoms with van der Waals surface area (Å²) in [5, 5.41) is 7.13. The molecule has 0 radical (unpaired) electrons. The fourth-order valence-electron chi connectivity index (χ4n) is 3.54. The van der Waals surface area contributed by atoms with Crippen LogP contribution in [0.25, 0.3) is 0 Å². The summed E-state index contributed by atoms with van der Waals surface area (Å²) in [7, 11) is 0. The third-order valence-corrected chi connectivity index (χ3v) is 4.95. The van der Waals surface area contributed by atoms with Gasteiger partial charge in [-0.05, 0) is 42.9 Å². The Kier molecular flexibility index (Phi) is 4.82. The second-order valence-corrected chi connectivity index (χ2v) is 6.75. The number of aromatic amines is 1. The molecule has 0 bridgehead atoms. The van der Waals surface area contributed by atoms with E-state index in [1.807, 2.05) is 30.3 Å². The van der Waals surface area contributed by atoms with Gasteiger partial charge in [0.2, 0.25) is 0 Å². The van der Waals surface area contributed by atoms with Gasteiger partial charge in [0.1, 0.15) is 18.2 Å². The van der Waals surface area contributed by atoms with Gasteiger partial charge >= 0.3 is 0 Å². The minimum absolute atomic E-state index is 0.178. The van der Waals surface area contributed by atoms with Gasteiger partial charge in [-0.2, -0.15) is 5.10 Å². The van der Waals surface area contributed by atoms with E-state index < -0.39 is 0 Å². The van der Waals surface area contributed by atoms with E-state index in [2.05, 4.69) is 20.4 Å². The Bertz CT molecular complexity index is 979. The smallest absolute Gasteiger partial charge is 0.261 e. The van der Waals surface area contributed by atoms with Gasteiger partial charge in [0.15, 0.2) is 0 Å². The van der Waals surface area contributed by atoms with Crippen LogP contribution >= 0.6 is 0 Å². The summed E-state index contributed by atoms with van der Waals surface area (Å²) in [4.78, 5) is 32.0. The van der Waals surface area contributed by atoms with E-state index in [0.29, 0.717) is 13.0 Å². The molecule has 1 amide bonds. The first-order valence-electron chi connectivity index (χ1n) is 9.14. The summed E-state index contributed by atoms with van der Waals surface area (Å²) in [6.07, 6.45) is 6.57. The molecule has 1 aromatic carbocycles. The van der Waals surface area contributed by atoms with E-state index in [4.69, 9.17) is 0 Å². The van der Waals surface area contributed by atoms with E-state index in [0.717, 1.165) is 36.1 Å². The lowest BCUT2D eigenvalue weighted by Gasteiger charge is -2.19. The number of carbonyl (C=O) groups is 1. The first-order chi connectivity index (χ1) is 13.2. The van der Waals surface area contributed by atoms with Crippen molar-refractivity contribution in [1.82, 2.24) is 25.1 Å². The topological polar surface area (TPSA) is 92.7 Å². The fourth-order valence-corrected chi connectivity index (χ4v) is 3.54. The molecular weight excluding hydrogens is 342 g/mol. The number of carbonyl (C=O) groups excluding carboxylic acids is 1. The Morgan fingerprint density at radius 3 is 2.89 bits per heavy atom. The number of hydrogen-bond acceptors (Lipinski definition) is 4. The average molecular weight is 363 g/mol. The Morgan fingerprint density at radius 1 is 1.26 bits per heavy atom. The van der Waals surface area contributed by atoms with E-state index in [1.54, 1.807) is 17.1 Å². The van der Waals surface area contributed by atoms with Gasteiger partial charge in [0, 0.05) is 12.2 Å². The first-order valence-corrected chi connectivity index (χ1v) is 9.14. The Hall–Kier alpha value is -3.22. The molecule has 1 atom stereocenters. The third-order valence-electron chi connectivity index (χ3n) is 4.95. The maximum absolute atomic E-state index is 12.8. The minimum Gasteiger partial charge on any atom is -0.345 e. The standard InChI is InChI=1S/C20H21N5O2/c26-19-16(11-15-7-4-8-17(15)23-19)20(27)24-18(14-5-2-1-3-6-14)9-10-25-13-21-12-22-25/h1-3,5-6,11-13,18H,4,7-10H2,(H,23,26)(H,24,27)/t18-/m0/s1. The van der Waals surface area contributed by atoms with Crippen LogP contribution in [0.2, 0.25) is 0 Å². The van der Waals surface area contributed by atoms with Crippen molar-refractivity contribution in [1.29, 1.82) is 0 Å². The van der Waals surface area contributed by atoms with Crippen LogP contribution in [0.5, 0.6) is 0 Å². The van der Waals surface area contributed by atoms with Crippen molar-refractivity contribution in [3.8, 4) is 0 Å². The van der Waals surface area contributed by atoms with Crippen LogP contribution in [0.1, 0.15) is 46.1 Å². The van der Waals surface area contributed by atoms with Crippen LogP contribution < -0.4 is 10.9 Å². The highest BCUT2D eigenvalue weighted by molar-refractivity contribution is 5.94. The molecule has 2 N–H and O–H groups in total. The molecular formula is C20H21N5O2. The predicted molar refractivity (Wildman–Crippen MR) is 100 cm³/mol. The number of H-pyrrole nitrogens is 1. The third kappa shape index (κ3) is 3.81. The van der Waals surface area contributed by atoms with Gasteiger partial charge < -0.3 is 10.3 Å². The van der Waals surface area contributed by atoms with Gasteiger partial charge in [-0.1, -0.05) is 30.3 Å². The first kappa shape index (κ1) is 17.2. The zero-order valence-corrected chi connectivity index (χ0v) is 14.9. The number of hydrogen-bond donors (Lipinski definition) is 2. The highest BCUT2D eigenvalue weighted by atomic mass is 16.2. The lowest BCUT2D eigenvalue weighted by atomic mass is 10.0. The van der Waals surface area contributed by atoms with Gasteiger partial charge in [-0.25, -0.2) is 4.98 Å². The molecule has 0 unspecified atom stereocenters. The second-order valence-electron chi connectivity index (χ2n) is 6.75. The molecule has 7 heteroatoms. The summed E-state index contributed by atoms with van der Waals surface area (Å²) < 4.78 is 1.73. The van der Waals surface area contributed by atoms with E-state index >= 15 is 0 Å². The highest BCUT2D eigenvalue weighted by Gasteiger charge is 2.21. The summed E-state index contributed by atoms with van der Waals surface area (Å²) >= 11 is 0. The summed E-state index contributed by atoms with van der Waals surface area (Å²) in [6.45, 7) is 0.611. The number of fused-ring (bicyclic) bond motifs is 1. The van der Waals surface area contributed by atoms with Gasteiger partial charge in [0.05, 0.1) is 6.04 Å². The minimum atomic E-state index is -0.349. The lowest BCUT2D eigenvalue weighted by Crippen LogP contribution is -2.33. The number of pyridine rings is 1. The molecule has 0 saturated carbocycles. The summed E-state index contributed by atoms with van der Waals surface area (Å²) in [5.74, 6) is -0.349. The molecule has 2 heterocycles. The maximum atomic E-state index is 12.8. The number of benzene rings is 1. The lowest BCUT2D eigenvalue weighted by molar-refractivity contribution is 0.0931. The summed E-state index contributed by atoms with van der Waals surface area (Å²) in [6, 6.07) is 11.3. The SMILES string of the molecule is O=C(N[C@@H](CCn1cncn1)c1ccccc1)c1cc2c([nH]c1=O)CCC2. The van der Waals surface area contributed by atoms with E-state index in [-0.39, 0.29) is 23.1 Å². The zero-order chi connectivity index (χ0) is 18.6. The molecule has 3 aromatic rings. The number of nitrogens with one attached hydrogen (secondary N) is 2. The molecule has 2 aromatic heterocycles. The Balaban J connectivity index is 1.55. The molecule has 138 valence electrons. The Morgan fingerprint density at radius 2 is 2.11 bits per heavy atom. The summed E-state index contributed by atoms with van der Waals surface area (Å²) in [5.41, 5.74) is 2.87. The number of amides is 1. The molecule has 0 aliphatic heterocycles. The molecule has 4 rings (SSSR count). The fraction of sp³-hybridized carbons (Fsp3) is 0.300. The normalized spacial score (nSPS) is 13.9. The van der Waals surface area contributed by atoms with Crippen LogP contribution in [0.3, 0.4) is 0 Å². The average Bonchev–Trinajstić information content (AvgIpc) is 3.36. The monoisotopic (exact) mass is 363 g/mol. The number of rotatable bonds is 6. The molecule has 7 nitrogen and oxygen atoms in total. The molecule has 1 aliphatic carbocycles. The van der Waals surface area contributed by atoms with Crippen molar-refractivity contribution >= 4 is 5.91 Å². The maximum Gasteiger partial charge on any atom is 0.261 e. The van der Waals surface area contributed by atoms with Crippen molar-refractivity contribution in [2.75, 3.05) is 0 Å². The van der Waals surface area contributed by atoms with Crippen LogP contribution in [0.15, 0.2) is 53.8 Å². The van der Waals surface area contributed by atoms with Crippen molar-refractivity contribution in [2.24, 2.45) is 0 Å². The van der Waals surface area contributed by atoms with Crippen molar-refractivity contribution < 1.29 is 4.79 Å². The molecule has 27 heavy (non-hydrogen) atoms. The number of aryl methyl sites for hydroxylation is 3. The van der Waals surface area contributed by atoms with E-state index in [1.165, 1.54) is 6.33 Å². The Labute approximate surface area is 156 Å². The van der Waals surface area contributed by atoms with E-state index in [9.17, 15) is 9.59 Å². The van der Waals surface area contributed by atoms with Crippen LogP contribution in [0.4, 0.5) is 0 Å².